The lowest BCUT2D eigenvalue weighted by Crippen LogP contribution is -2.28. The Labute approximate surface area is 184 Å². The minimum Gasteiger partial charge on any atom is -0.462 e. The van der Waals surface area contributed by atoms with Crippen LogP contribution in [0.1, 0.15) is 117 Å². The van der Waals surface area contributed by atoms with Gasteiger partial charge in [-0.15, -0.1) is 0 Å². The molecule has 0 fully saturated rings. The number of allylic oxidation sites excluding steroid dienone is 2. The van der Waals surface area contributed by atoms with Gasteiger partial charge in [0.1, 0.15) is 6.61 Å². The van der Waals surface area contributed by atoms with E-state index in [4.69, 9.17) is 9.47 Å². The van der Waals surface area contributed by atoms with Crippen LogP contribution < -0.4 is 0 Å². The third-order valence-corrected chi connectivity index (χ3v) is 5.11. The van der Waals surface area contributed by atoms with Crippen LogP contribution in [-0.2, 0) is 19.1 Å². The van der Waals surface area contributed by atoms with Crippen LogP contribution >= 0.6 is 0 Å². The van der Waals surface area contributed by atoms with Gasteiger partial charge in [0.2, 0.25) is 0 Å². The topological polar surface area (TPSA) is 72.8 Å². The maximum Gasteiger partial charge on any atom is 0.306 e. The van der Waals surface area contributed by atoms with Crippen molar-refractivity contribution in [3.05, 3.63) is 12.2 Å². The van der Waals surface area contributed by atoms with Gasteiger partial charge in [-0.05, 0) is 32.1 Å². The Balaban J connectivity index is 3.45. The lowest BCUT2D eigenvalue weighted by Gasteiger charge is -2.15. The van der Waals surface area contributed by atoms with Crippen LogP contribution in [0.25, 0.3) is 0 Å². The zero-order valence-corrected chi connectivity index (χ0v) is 19.5. The number of rotatable bonds is 21. The molecule has 0 amide bonds. The van der Waals surface area contributed by atoms with Crippen LogP contribution in [0.4, 0.5) is 0 Å². The second kappa shape index (κ2) is 22.3. The molecule has 0 bridgehead atoms. The molecule has 5 nitrogen and oxygen atoms in total. The Bertz CT molecular complexity index is 433. The summed E-state index contributed by atoms with van der Waals surface area (Å²) >= 11 is 0. The summed E-state index contributed by atoms with van der Waals surface area (Å²) in [5.74, 6) is -0.702. The van der Waals surface area contributed by atoms with E-state index < -0.39 is 6.10 Å². The maximum absolute atomic E-state index is 11.8. The number of aliphatic hydroxyl groups excluding tert-OH is 1. The quantitative estimate of drug-likeness (QED) is 0.133. The highest BCUT2D eigenvalue weighted by atomic mass is 16.6. The molecule has 0 spiro atoms. The van der Waals surface area contributed by atoms with E-state index in [1.807, 2.05) is 0 Å². The summed E-state index contributed by atoms with van der Waals surface area (Å²) in [6.45, 7) is 3.53. The van der Waals surface area contributed by atoms with Crippen LogP contribution in [-0.4, -0.2) is 36.4 Å². The molecule has 0 rings (SSSR count). The highest BCUT2D eigenvalue weighted by Gasteiger charge is 2.15. The molecule has 5 heteroatoms. The van der Waals surface area contributed by atoms with Crippen LogP contribution in [0.15, 0.2) is 12.2 Å². The van der Waals surface area contributed by atoms with Gasteiger partial charge < -0.3 is 14.6 Å². The van der Waals surface area contributed by atoms with Crippen molar-refractivity contribution < 1.29 is 24.2 Å². The molecule has 0 aromatic heterocycles. The first-order chi connectivity index (χ1) is 14.6. The zero-order valence-electron chi connectivity index (χ0n) is 19.5. The maximum atomic E-state index is 11.8. The molecule has 1 unspecified atom stereocenters. The number of hydrogen-bond acceptors (Lipinski definition) is 5. The minimum absolute atomic E-state index is 0.0820. The highest BCUT2D eigenvalue weighted by molar-refractivity contribution is 5.70. The Kier molecular flexibility index (Phi) is 21.3. The van der Waals surface area contributed by atoms with E-state index in [-0.39, 0.29) is 31.6 Å². The molecule has 30 heavy (non-hydrogen) atoms. The Morgan fingerprint density at radius 3 is 1.83 bits per heavy atom. The van der Waals surface area contributed by atoms with Crippen molar-refractivity contribution in [2.75, 3.05) is 13.2 Å². The summed E-state index contributed by atoms with van der Waals surface area (Å²) < 4.78 is 10.0. The van der Waals surface area contributed by atoms with Gasteiger partial charge in [0.25, 0.3) is 0 Å². The molecule has 0 saturated heterocycles. The smallest absolute Gasteiger partial charge is 0.306 e. The Morgan fingerprint density at radius 2 is 1.30 bits per heavy atom. The lowest BCUT2D eigenvalue weighted by atomic mass is 10.1. The molecule has 1 atom stereocenters. The van der Waals surface area contributed by atoms with Gasteiger partial charge in [-0.2, -0.15) is 0 Å². The largest absolute Gasteiger partial charge is 0.462 e. The van der Waals surface area contributed by atoms with Crippen LogP contribution in [0.3, 0.4) is 0 Å². The van der Waals surface area contributed by atoms with E-state index in [2.05, 4.69) is 19.1 Å². The summed E-state index contributed by atoms with van der Waals surface area (Å²) in [6, 6.07) is 0. The molecule has 0 saturated carbocycles. The normalized spacial score (nSPS) is 12.2. The van der Waals surface area contributed by atoms with Crippen molar-refractivity contribution in [1.82, 2.24) is 0 Å². The first-order valence-electron chi connectivity index (χ1n) is 12.2. The van der Waals surface area contributed by atoms with Crippen molar-refractivity contribution in [3.63, 3.8) is 0 Å². The molecular formula is C25H46O5. The summed E-state index contributed by atoms with van der Waals surface area (Å²) in [5.41, 5.74) is 0. The number of hydrogen-bond donors (Lipinski definition) is 1. The molecule has 0 aliphatic rings. The zero-order chi connectivity index (χ0) is 22.3. The van der Waals surface area contributed by atoms with E-state index in [0.717, 1.165) is 25.7 Å². The first-order valence-corrected chi connectivity index (χ1v) is 12.2. The van der Waals surface area contributed by atoms with Gasteiger partial charge in [-0.1, -0.05) is 83.8 Å². The van der Waals surface area contributed by atoms with Gasteiger partial charge in [0.05, 0.1) is 6.61 Å². The third-order valence-electron chi connectivity index (χ3n) is 5.11. The van der Waals surface area contributed by atoms with E-state index in [0.29, 0.717) is 6.42 Å². The molecule has 0 radical (unpaired) electrons. The molecular weight excluding hydrogens is 380 g/mol. The third kappa shape index (κ3) is 19.9. The Hall–Kier alpha value is -1.36. The van der Waals surface area contributed by atoms with Gasteiger partial charge in [0.15, 0.2) is 6.10 Å². The number of esters is 2. The van der Waals surface area contributed by atoms with Crippen molar-refractivity contribution >= 4 is 11.9 Å². The van der Waals surface area contributed by atoms with Gasteiger partial charge >= 0.3 is 11.9 Å². The fraction of sp³-hybridized carbons (Fsp3) is 0.840. The number of unbranched alkanes of at least 4 members (excludes halogenated alkanes) is 12. The number of carbonyl (C=O) groups excluding carboxylic acids is 2. The Morgan fingerprint density at radius 1 is 0.767 bits per heavy atom. The number of aliphatic hydroxyl groups is 1. The molecule has 0 aromatic rings. The van der Waals surface area contributed by atoms with E-state index in [9.17, 15) is 14.7 Å². The average Bonchev–Trinajstić information content (AvgIpc) is 2.75. The monoisotopic (exact) mass is 426 g/mol. The molecule has 176 valence electrons. The van der Waals surface area contributed by atoms with Gasteiger partial charge in [-0.25, -0.2) is 0 Å². The van der Waals surface area contributed by atoms with Gasteiger partial charge in [-0.3, -0.25) is 9.59 Å². The second-order valence-corrected chi connectivity index (χ2v) is 8.02. The first kappa shape index (κ1) is 28.6. The number of ether oxygens (including phenoxy) is 2. The van der Waals surface area contributed by atoms with E-state index >= 15 is 0 Å². The standard InChI is InChI=1S/C25H46O5/c1-3-5-6-7-8-9-10-11-12-13-14-15-16-17-18-19-20-25(28)30-23(21-26)22-29-24(27)4-2/h12-13,23,26H,3-11,14-22H2,1-2H3/b13-12-. The predicted molar refractivity (Wildman–Crippen MR) is 122 cm³/mol. The van der Waals surface area contributed by atoms with E-state index in [1.165, 1.54) is 64.2 Å². The van der Waals surface area contributed by atoms with Crippen molar-refractivity contribution in [1.29, 1.82) is 0 Å². The van der Waals surface area contributed by atoms with Gasteiger partial charge in [0, 0.05) is 12.8 Å². The van der Waals surface area contributed by atoms with Crippen molar-refractivity contribution in [2.45, 2.75) is 123 Å². The lowest BCUT2D eigenvalue weighted by molar-refractivity contribution is -0.161. The molecule has 0 aliphatic heterocycles. The SMILES string of the molecule is CCCCCCCCC/C=C\CCCCCCCC(=O)OC(CO)COC(=O)CC. The second-order valence-electron chi connectivity index (χ2n) is 8.02. The number of carbonyl (C=O) groups is 2. The summed E-state index contributed by atoms with van der Waals surface area (Å²) in [4.78, 5) is 22.9. The van der Waals surface area contributed by atoms with Crippen molar-refractivity contribution in [2.24, 2.45) is 0 Å². The summed E-state index contributed by atoms with van der Waals surface area (Å²) in [6.07, 6.45) is 21.7. The summed E-state index contributed by atoms with van der Waals surface area (Å²) in [5, 5.41) is 9.20. The van der Waals surface area contributed by atoms with Crippen molar-refractivity contribution in [3.8, 4) is 0 Å². The predicted octanol–water partition coefficient (Wildman–Crippen LogP) is 6.27. The van der Waals surface area contributed by atoms with Crippen LogP contribution in [0.5, 0.6) is 0 Å². The molecule has 0 aliphatic carbocycles. The summed E-state index contributed by atoms with van der Waals surface area (Å²) in [7, 11) is 0. The molecule has 0 heterocycles. The van der Waals surface area contributed by atoms with Crippen LogP contribution in [0, 0.1) is 0 Å². The molecule has 0 aromatic carbocycles. The fourth-order valence-electron chi connectivity index (χ4n) is 3.17. The van der Waals surface area contributed by atoms with Crippen LogP contribution in [0.2, 0.25) is 0 Å². The highest BCUT2D eigenvalue weighted by Crippen LogP contribution is 2.11. The molecule has 1 N–H and O–H groups in total. The minimum atomic E-state index is -0.763. The van der Waals surface area contributed by atoms with E-state index in [1.54, 1.807) is 6.92 Å². The average molecular weight is 427 g/mol. The fourth-order valence-corrected chi connectivity index (χ4v) is 3.17.